The van der Waals surface area contributed by atoms with Crippen molar-refractivity contribution >= 4 is 6.21 Å². The number of aryl methyl sites for hydroxylation is 2. The monoisotopic (exact) mass is 367 g/mol. The van der Waals surface area contributed by atoms with Gasteiger partial charge in [0, 0.05) is 38.3 Å². The molecule has 144 valence electrons. The smallest absolute Gasteiger partial charge is 0.166 e. The van der Waals surface area contributed by atoms with Crippen LogP contribution in [0.3, 0.4) is 0 Å². The molecule has 1 aliphatic heterocycles. The van der Waals surface area contributed by atoms with Crippen molar-refractivity contribution in [3.63, 3.8) is 0 Å². The lowest BCUT2D eigenvalue weighted by Crippen LogP contribution is -2.43. The van der Waals surface area contributed by atoms with Crippen LogP contribution in [0.25, 0.3) is 0 Å². The highest BCUT2D eigenvalue weighted by Crippen LogP contribution is 2.28. The molecule has 0 aliphatic carbocycles. The van der Waals surface area contributed by atoms with Crippen molar-refractivity contribution in [2.45, 2.75) is 27.3 Å². The third-order valence-electron chi connectivity index (χ3n) is 4.93. The van der Waals surface area contributed by atoms with Crippen molar-refractivity contribution < 1.29 is 9.84 Å². The molecule has 2 aromatic carbocycles. The fourth-order valence-corrected chi connectivity index (χ4v) is 3.33. The highest BCUT2D eigenvalue weighted by atomic mass is 16.5. The van der Waals surface area contributed by atoms with E-state index < -0.39 is 0 Å². The largest absolute Gasteiger partial charge is 0.504 e. The predicted molar refractivity (Wildman–Crippen MR) is 110 cm³/mol. The molecule has 1 saturated heterocycles. The molecule has 1 aliphatic rings. The molecule has 0 amide bonds. The molecule has 0 radical (unpaired) electrons. The molecule has 1 N–H and O–H groups in total. The summed E-state index contributed by atoms with van der Waals surface area (Å²) in [5.41, 5.74) is 4.75. The van der Waals surface area contributed by atoms with Gasteiger partial charge in [0.05, 0.1) is 12.8 Å². The minimum Gasteiger partial charge on any atom is -0.504 e. The van der Waals surface area contributed by atoms with Gasteiger partial charge in [-0.1, -0.05) is 29.8 Å². The summed E-state index contributed by atoms with van der Waals surface area (Å²) in [6.07, 6.45) is 1.72. The third kappa shape index (κ3) is 5.01. The number of para-hydroxylation sites is 1. The van der Waals surface area contributed by atoms with Crippen LogP contribution >= 0.6 is 0 Å². The van der Waals surface area contributed by atoms with Crippen molar-refractivity contribution in [1.82, 2.24) is 9.91 Å². The topological polar surface area (TPSA) is 48.3 Å². The molecule has 0 spiro atoms. The number of hydrogen-bond acceptors (Lipinski definition) is 5. The fraction of sp³-hybridized carbons (Fsp3) is 0.409. The molecular formula is C22H29N3O2. The van der Waals surface area contributed by atoms with Gasteiger partial charge in [-0.05, 0) is 44.0 Å². The molecule has 27 heavy (non-hydrogen) atoms. The summed E-state index contributed by atoms with van der Waals surface area (Å²) in [5.74, 6) is 0.649. The summed E-state index contributed by atoms with van der Waals surface area (Å²) in [5, 5.41) is 16.9. The molecule has 1 heterocycles. The second-order valence-corrected chi connectivity index (χ2v) is 7.03. The van der Waals surface area contributed by atoms with E-state index in [0.29, 0.717) is 17.9 Å². The number of rotatable bonds is 6. The molecular weight excluding hydrogens is 338 g/mol. The van der Waals surface area contributed by atoms with E-state index in [4.69, 9.17) is 4.74 Å². The Morgan fingerprint density at radius 2 is 1.89 bits per heavy atom. The molecule has 0 unspecified atom stereocenters. The Morgan fingerprint density at radius 3 is 2.59 bits per heavy atom. The van der Waals surface area contributed by atoms with Crippen LogP contribution in [0.4, 0.5) is 0 Å². The van der Waals surface area contributed by atoms with Gasteiger partial charge in [0.2, 0.25) is 0 Å². The first-order valence-corrected chi connectivity index (χ1v) is 9.59. The number of phenolic OH excluding ortho intramolecular Hbond substituents is 1. The van der Waals surface area contributed by atoms with Gasteiger partial charge < -0.3 is 9.84 Å². The van der Waals surface area contributed by atoms with Gasteiger partial charge in [0.15, 0.2) is 11.5 Å². The number of benzene rings is 2. The van der Waals surface area contributed by atoms with Gasteiger partial charge in [0.1, 0.15) is 0 Å². The first-order valence-electron chi connectivity index (χ1n) is 9.59. The number of phenols is 1. The Balaban J connectivity index is 1.55. The van der Waals surface area contributed by atoms with Crippen LogP contribution in [0.1, 0.15) is 29.2 Å². The molecule has 5 heteroatoms. The van der Waals surface area contributed by atoms with Gasteiger partial charge >= 0.3 is 0 Å². The fourth-order valence-electron chi connectivity index (χ4n) is 3.33. The van der Waals surface area contributed by atoms with E-state index >= 15 is 0 Å². The Labute approximate surface area is 161 Å². The zero-order valence-corrected chi connectivity index (χ0v) is 16.5. The maximum atomic E-state index is 10.3. The summed E-state index contributed by atoms with van der Waals surface area (Å²) in [6, 6.07) is 12.2. The minimum absolute atomic E-state index is 0.150. The molecule has 0 saturated carbocycles. The summed E-state index contributed by atoms with van der Waals surface area (Å²) < 4.78 is 5.42. The number of aromatic hydroxyl groups is 1. The third-order valence-corrected chi connectivity index (χ3v) is 4.93. The summed E-state index contributed by atoms with van der Waals surface area (Å²) in [6.45, 7) is 11.5. The summed E-state index contributed by atoms with van der Waals surface area (Å²) in [7, 11) is 0. The number of hydrazone groups is 1. The lowest BCUT2D eigenvalue weighted by Gasteiger charge is -2.33. The van der Waals surface area contributed by atoms with Crippen LogP contribution in [-0.2, 0) is 6.54 Å². The van der Waals surface area contributed by atoms with Gasteiger partial charge in [-0.2, -0.15) is 5.10 Å². The standard InChI is InChI=1S/C22H29N3O2/c1-4-27-21-7-5-6-19(22(21)26)15-23-25-12-10-24(11-13-25)16-20-9-8-17(2)14-18(20)3/h5-9,14-15,26H,4,10-13,16H2,1-3H3/b23-15-. The van der Waals surface area contributed by atoms with E-state index in [-0.39, 0.29) is 5.75 Å². The predicted octanol–water partition coefficient (Wildman–Crippen LogP) is 3.56. The molecule has 1 fully saturated rings. The quantitative estimate of drug-likeness (QED) is 0.793. The maximum Gasteiger partial charge on any atom is 0.166 e. The van der Waals surface area contributed by atoms with E-state index in [1.54, 1.807) is 12.3 Å². The maximum absolute atomic E-state index is 10.3. The Morgan fingerprint density at radius 1 is 1.11 bits per heavy atom. The first-order chi connectivity index (χ1) is 13.1. The van der Waals surface area contributed by atoms with E-state index in [1.165, 1.54) is 16.7 Å². The zero-order valence-electron chi connectivity index (χ0n) is 16.5. The van der Waals surface area contributed by atoms with Crippen LogP contribution in [0.2, 0.25) is 0 Å². The minimum atomic E-state index is 0.150. The van der Waals surface area contributed by atoms with Crippen LogP contribution in [-0.4, -0.2) is 54.0 Å². The molecule has 3 rings (SSSR count). The summed E-state index contributed by atoms with van der Waals surface area (Å²) in [4.78, 5) is 2.47. The average Bonchev–Trinajstić information content (AvgIpc) is 2.66. The average molecular weight is 367 g/mol. The lowest BCUT2D eigenvalue weighted by molar-refractivity contribution is 0.131. The van der Waals surface area contributed by atoms with Crippen LogP contribution < -0.4 is 4.74 Å². The van der Waals surface area contributed by atoms with Crippen molar-refractivity contribution in [1.29, 1.82) is 0 Å². The highest BCUT2D eigenvalue weighted by Gasteiger charge is 2.16. The van der Waals surface area contributed by atoms with E-state index in [9.17, 15) is 5.11 Å². The zero-order chi connectivity index (χ0) is 19.2. The molecule has 5 nitrogen and oxygen atoms in total. The van der Waals surface area contributed by atoms with Crippen molar-refractivity contribution in [2.75, 3.05) is 32.8 Å². The van der Waals surface area contributed by atoms with Crippen molar-refractivity contribution in [2.24, 2.45) is 5.10 Å². The van der Waals surface area contributed by atoms with E-state index in [2.05, 4.69) is 47.1 Å². The van der Waals surface area contributed by atoms with Gasteiger partial charge in [-0.15, -0.1) is 0 Å². The van der Waals surface area contributed by atoms with Crippen LogP contribution in [0.15, 0.2) is 41.5 Å². The van der Waals surface area contributed by atoms with Crippen LogP contribution in [0, 0.1) is 13.8 Å². The van der Waals surface area contributed by atoms with Crippen molar-refractivity contribution in [3.05, 3.63) is 58.7 Å². The Kier molecular flexibility index (Phi) is 6.35. The van der Waals surface area contributed by atoms with Gasteiger partial charge in [0.25, 0.3) is 0 Å². The van der Waals surface area contributed by atoms with Gasteiger partial charge in [-0.25, -0.2) is 0 Å². The number of piperazine rings is 1. The Hall–Kier alpha value is -2.53. The molecule has 0 atom stereocenters. The van der Waals surface area contributed by atoms with Crippen molar-refractivity contribution in [3.8, 4) is 11.5 Å². The highest BCUT2D eigenvalue weighted by molar-refractivity contribution is 5.84. The molecule has 2 aromatic rings. The van der Waals surface area contributed by atoms with Crippen LogP contribution in [0.5, 0.6) is 11.5 Å². The summed E-state index contributed by atoms with van der Waals surface area (Å²) >= 11 is 0. The molecule has 0 bridgehead atoms. The number of ether oxygens (including phenoxy) is 1. The Bertz CT molecular complexity index is 796. The first kappa shape index (κ1) is 19.2. The molecule has 0 aromatic heterocycles. The van der Waals surface area contributed by atoms with E-state index in [0.717, 1.165) is 32.7 Å². The second-order valence-electron chi connectivity index (χ2n) is 7.03. The number of hydrogen-bond donors (Lipinski definition) is 1. The number of nitrogens with zero attached hydrogens (tertiary/aromatic N) is 3. The van der Waals surface area contributed by atoms with Gasteiger partial charge in [-0.3, -0.25) is 9.91 Å². The van der Waals surface area contributed by atoms with E-state index in [1.807, 2.05) is 19.1 Å². The second kappa shape index (κ2) is 8.91. The normalized spacial score (nSPS) is 15.4. The SMILES string of the molecule is CCOc1cccc(/C=N\N2CCN(Cc3ccc(C)cc3C)CC2)c1O. The lowest BCUT2D eigenvalue weighted by atomic mass is 10.1.